The molecule has 0 bridgehead atoms. The molecule has 0 amide bonds. The quantitative estimate of drug-likeness (QED) is 0.565. The molecule has 160 valence electrons. The lowest BCUT2D eigenvalue weighted by Gasteiger charge is -2.27. The van der Waals surface area contributed by atoms with Gasteiger partial charge in [0.05, 0.1) is 22.5 Å². The number of rotatable bonds is 5. The number of nitro groups is 1. The summed E-state index contributed by atoms with van der Waals surface area (Å²) in [6, 6.07) is 11.6. The highest BCUT2D eigenvalue weighted by Crippen LogP contribution is 2.37. The van der Waals surface area contributed by atoms with Gasteiger partial charge in [0.25, 0.3) is 5.69 Å². The summed E-state index contributed by atoms with van der Waals surface area (Å²) in [5.74, 6) is 0.754. The first-order chi connectivity index (χ1) is 14.5. The Labute approximate surface area is 176 Å². The number of nitrogens with zero attached hydrogens (tertiary/aromatic N) is 2. The molecule has 2 aromatic carbocycles. The van der Waals surface area contributed by atoms with E-state index in [9.17, 15) is 18.5 Å². The van der Waals surface area contributed by atoms with Gasteiger partial charge in [-0.3, -0.25) is 10.1 Å². The SMILES string of the molecule is O=[N+]([O-])c1cc(S(=O)(=O)N2CCCCCC2)ccc1N[C@H]1CCOc2ccccc21. The summed E-state index contributed by atoms with van der Waals surface area (Å²) in [6.07, 6.45) is 4.28. The van der Waals surface area contributed by atoms with Crippen LogP contribution < -0.4 is 10.1 Å². The van der Waals surface area contributed by atoms with E-state index in [0.717, 1.165) is 37.0 Å². The third-order valence-electron chi connectivity index (χ3n) is 5.66. The van der Waals surface area contributed by atoms with E-state index in [2.05, 4.69) is 5.32 Å². The molecule has 9 heteroatoms. The lowest BCUT2D eigenvalue weighted by Crippen LogP contribution is -2.32. The Morgan fingerprint density at radius 3 is 2.53 bits per heavy atom. The highest BCUT2D eigenvalue weighted by Gasteiger charge is 2.29. The predicted octanol–water partition coefficient (Wildman–Crippen LogP) is 4.10. The van der Waals surface area contributed by atoms with Crippen molar-refractivity contribution in [3.05, 3.63) is 58.1 Å². The zero-order chi connectivity index (χ0) is 21.1. The summed E-state index contributed by atoms with van der Waals surface area (Å²) >= 11 is 0. The maximum atomic E-state index is 13.0. The third kappa shape index (κ3) is 4.13. The molecular formula is C21H25N3O5S. The second-order valence-electron chi connectivity index (χ2n) is 7.63. The van der Waals surface area contributed by atoms with Crippen LogP contribution in [0.5, 0.6) is 5.75 Å². The second kappa shape index (κ2) is 8.61. The van der Waals surface area contributed by atoms with Gasteiger partial charge >= 0.3 is 0 Å². The molecule has 0 radical (unpaired) electrons. The molecule has 0 spiro atoms. The molecule has 4 rings (SSSR count). The number of hydrogen-bond donors (Lipinski definition) is 1. The first-order valence-electron chi connectivity index (χ1n) is 10.2. The van der Waals surface area contributed by atoms with E-state index in [4.69, 9.17) is 4.74 Å². The third-order valence-corrected chi connectivity index (χ3v) is 7.55. The minimum atomic E-state index is -3.76. The van der Waals surface area contributed by atoms with Crippen molar-refractivity contribution in [3.8, 4) is 5.75 Å². The Bertz CT molecular complexity index is 1030. The molecule has 1 atom stereocenters. The molecule has 2 heterocycles. The maximum Gasteiger partial charge on any atom is 0.293 e. The lowest BCUT2D eigenvalue weighted by atomic mass is 10.00. The Balaban J connectivity index is 1.64. The zero-order valence-electron chi connectivity index (χ0n) is 16.6. The smallest absolute Gasteiger partial charge is 0.293 e. The standard InChI is InChI=1S/C21H25N3O5S/c25-24(26)20-15-16(30(27,28)23-12-5-1-2-6-13-23)9-10-19(20)22-18-11-14-29-21-8-4-3-7-17(18)21/h3-4,7-10,15,18,22H,1-2,5-6,11-14H2/t18-/m0/s1. The van der Waals surface area contributed by atoms with E-state index in [1.54, 1.807) is 0 Å². The van der Waals surface area contributed by atoms with Crippen LogP contribution in [0.1, 0.15) is 43.7 Å². The van der Waals surface area contributed by atoms with Crippen LogP contribution in [0.15, 0.2) is 47.4 Å². The minimum absolute atomic E-state index is 0.0333. The first-order valence-corrected chi connectivity index (χ1v) is 11.7. The van der Waals surface area contributed by atoms with Crippen molar-refractivity contribution in [3.63, 3.8) is 0 Å². The highest BCUT2D eigenvalue weighted by atomic mass is 32.2. The monoisotopic (exact) mass is 431 g/mol. The van der Waals surface area contributed by atoms with E-state index < -0.39 is 14.9 Å². The molecular weight excluding hydrogens is 406 g/mol. The first kappa shape index (κ1) is 20.6. The van der Waals surface area contributed by atoms with Gasteiger partial charge in [0, 0.05) is 31.1 Å². The summed E-state index contributed by atoms with van der Waals surface area (Å²) in [6.45, 7) is 1.41. The van der Waals surface area contributed by atoms with Gasteiger partial charge in [-0.15, -0.1) is 0 Å². The molecule has 0 aromatic heterocycles. The molecule has 1 N–H and O–H groups in total. The largest absolute Gasteiger partial charge is 0.493 e. The minimum Gasteiger partial charge on any atom is -0.493 e. The number of anilines is 1. The summed E-state index contributed by atoms with van der Waals surface area (Å²) in [5, 5.41) is 15.0. The van der Waals surface area contributed by atoms with Crippen LogP contribution in [0.25, 0.3) is 0 Å². The van der Waals surface area contributed by atoms with Gasteiger partial charge < -0.3 is 10.1 Å². The van der Waals surface area contributed by atoms with Crippen LogP contribution in [0.4, 0.5) is 11.4 Å². The average molecular weight is 432 g/mol. The molecule has 2 aromatic rings. The number of nitrogens with one attached hydrogen (secondary N) is 1. The summed E-state index contributed by atoms with van der Waals surface area (Å²) in [5.41, 5.74) is 0.991. The van der Waals surface area contributed by atoms with Crippen molar-refractivity contribution >= 4 is 21.4 Å². The van der Waals surface area contributed by atoms with Gasteiger partial charge in [-0.25, -0.2) is 8.42 Å². The fraction of sp³-hybridized carbons (Fsp3) is 0.429. The Morgan fingerprint density at radius 1 is 1.07 bits per heavy atom. The number of sulfonamides is 1. The summed E-state index contributed by atoms with van der Waals surface area (Å²) in [4.78, 5) is 11.2. The highest BCUT2D eigenvalue weighted by molar-refractivity contribution is 7.89. The van der Waals surface area contributed by atoms with Crippen LogP contribution in [0.2, 0.25) is 0 Å². The van der Waals surface area contributed by atoms with Crippen LogP contribution >= 0.6 is 0 Å². The van der Waals surface area contributed by atoms with Crippen molar-refractivity contribution < 1.29 is 18.1 Å². The van der Waals surface area contributed by atoms with E-state index >= 15 is 0 Å². The van der Waals surface area contributed by atoms with Gasteiger partial charge in [-0.05, 0) is 31.0 Å². The Morgan fingerprint density at radius 2 is 1.80 bits per heavy atom. The van der Waals surface area contributed by atoms with E-state index in [0.29, 0.717) is 31.8 Å². The normalized spacial score (nSPS) is 19.9. The van der Waals surface area contributed by atoms with Gasteiger partial charge in [0.1, 0.15) is 11.4 Å². The van der Waals surface area contributed by atoms with Crippen LogP contribution in [-0.2, 0) is 10.0 Å². The summed E-state index contributed by atoms with van der Waals surface area (Å²) in [7, 11) is -3.76. The van der Waals surface area contributed by atoms with Gasteiger partial charge in [-0.2, -0.15) is 4.31 Å². The number of benzene rings is 2. The maximum absolute atomic E-state index is 13.0. The van der Waals surface area contributed by atoms with Crippen LogP contribution in [-0.4, -0.2) is 37.3 Å². The number of hydrogen-bond acceptors (Lipinski definition) is 6. The lowest BCUT2D eigenvalue weighted by molar-refractivity contribution is -0.384. The number of fused-ring (bicyclic) bond motifs is 1. The molecule has 0 unspecified atom stereocenters. The second-order valence-corrected chi connectivity index (χ2v) is 9.56. The molecule has 1 saturated heterocycles. The van der Waals surface area contributed by atoms with E-state index in [-0.39, 0.29) is 16.6 Å². The van der Waals surface area contributed by atoms with Crippen LogP contribution in [0.3, 0.4) is 0 Å². The van der Waals surface area contributed by atoms with Crippen LogP contribution in [0, 0.1) is 10.1 Å². The number of ether oxygens (including phenoxy) is 1. The molecule has 1 fully saturated rings. The van der Waals surface area contributed by atoms with Crippen molar-refractivity contribution in [2.24, 2.45) is 0 Å². The van der Waals surface area contributed by atoms with E-state index in [1.807, 2.05) is 24.3 Å². The fourth-order valence-electron chi connectivity index (χ4n) is 4.06. The predicted molar refractivity (Wildman–Crippen MR) is 113 cm³/mol. The molecule has 2 aliphatic rings. The fourth-order valence-corrected chi connectivity index (χ4v) is 5.59. The topological polar surface area (TPSA) is 102 Å². The Kier molecular flexibility index (Phi) is 5.92. The van der Waals surface area contributed by atoms with Crippen molar-refractivity contribution in [1.82, 2.24) is 4.31 Å². The van der Waals surface area contributed by atoms with Crippen molar-refractivity contribution in [2.75, 3.05) is 25.0 Å². The van der Waals surface area contributed by atoms with Crippen molar-refractivity contribution in [2.45, 2.75) is 43.0 Å². The summed E-state index contributed by atoms with van der Waals surface area (Å²) < 4.78 is 33.2. The van der Waals surface area contributed by atoms with Gasteiger partial charge in [-0.1, -0.05) is 31.0 Å². The van der Waals surface area contributed by atoms with E-state index in [1.165, 1.54) is 22.5 Å². The molecule has 2 aliphatic heterocycles. The number of nitro benzene ring substituents is 1. The van der Waals surface area contributed by atoms with Crippen molar-refractivity contribution in [1.29, 1.82) is 0 Å². The molecule has 8 nitrogen and oxygen atoms in total. The zero-order valence-corrected chi connectivity index (χ0v) is 17.4. The average Bonchev–Trinajstić information content (AvgIpc) is 3.04. The number of para-hydroxylation sites is 1. The van der Waals surface area contributed by atoms with Gasteiger partial charge in [0.2, 0.25) is 10.0 Å². The molecule has 30 heavy (non-hydrogen) atoms. The Hall–Kier alpha value is -2.65. The molecule has 0 aliphatic carbocycles. The van der Waals surface area contributed by atoms with Gasteiger partial charge in [0.15, 0.2) is 0 Å². The molecule has 0 saturated carbocycles.